The van der Waals surface area contributed by atoms with E-state index in [0.717, 1.165) is 0 Å². The fourth-order valence-corrected chi connectivity index (χ4v) is 3.76. The van der Waals surface area contributed by atoms with E-state index < -0.39 is 79.6 Å². The van der Waals surface area contributed by atoms with Crippen molar-refractivity contribution in [1.82, 2.24) is 0 Å². The van der Waals surface area contributed by atoms with Gasteiger partial charge in [-0.15, -0.1) is 0 Å². The van der Waals surface area contributed by atoms with Gasteiger partial charge in [0.25, 0.3) is 0 Å². The van der Waals surface area contributed by atoms with Crippen LogP contribution in [-0.4, -0.2) is 89.7 Å². The molecule has 16 heteroatoms. The van der Waals surface area contributed by atoms with Crippen LogP contribution in [0.1, 0.15) is 12.8 Å². The van der Waals surface area contributed by atoms with Crippen LogP contribution in [0.5, 0.6) is 0 Å². The summed E-state index contributed by atoms with van der Waals surface area (Å²) in [5.41, 5.74) is -7.12. The number of fused-ring (bicyclic) bond motifs is 2. The molecule has 28 heavy (non-hydrogen) atoms. The van der Waals surface area contributed by atoms with Crippen LogP contribution in [0.25, 0.3) is 0 Å². The normalized spacial score (nSPS) is 48.4. The summed E-state index contributed by atoms with van der Waals surface area (Å²) in [7, 11) is -4.44. The Labute approximate surface area is 153 Å². The summed E-state index contributed by atoms with van der Waals surface area (Å²) in [4.78, 5) is 36.4. The van der Waals surface area contributed by atoms with Crippen molar-refractivity contribution in [3.63, 3.8) is 0 Å². The van der Waals surface area contributed by atoms with Gasteiger partial charge in [-0.1, -0.05) is 0 Å². The van der Waals surface area contributed by atoms with Crippen LogP contribution in [0.3, 0.4) is 0 Å². The Balaban J connectivity index is 2.39. The first-order valence-electron chi connectivity index (χ1n) is 7.41. The quantitative estimate of drug-likeness (QED) is 0.138. The van der Waals surface area contributed by atoms with Crippen LogP contribution >= 0.6 is 7.68 Å². The van der Waals surface area contributed by atoms with Gasteiger partial charge >= 0.3 is 48.5 Å². The van der Waals surface area contributed by atoms with Gasteiger partial charge in [-0.25, -0.2) is 13.9 Å². The first-order chi connectivity index (χ1) is 12.7. The topological polar surface area (TPSA) is 244 Å². The van der Waals surface area contributed by atoms with Crippen LogP contribution < -0.4 is 0 Å². The second kappa shape index (κ2) is 5.77. The molecule has 3 aliphatic rings. The number of carbonyl (C=O) groups is 3. The molecule has 0 spiro atoms. The molecule has 2 unspecified atom stereocenters. The number of ether oxygens (including phenoxy) is 4. The minimum absolute atomic E-state index is 1.31. The Bertz CT molecular complexity index is 831. The molecule has 15 nitrogen and oxygen atoms in total. The van der Waals surface area contributed by atoms with E-state index in [2.05, 4.69) is 18.9 Å². The van der Waals surface area contributed by atoms with Crippen molar-refractivity contribution >= 4 is 25.6 Å². The van der Waals surface area contributed by atoms with E-state index in [0.29, 0.717) is 0 Å². The molecule has 0 aromatic carbocycles. The first-order valence-corrected chi connectivity index (χ1v) is 8.59. The fourth-order valence-electron chi connectivity index (χ4n) is 3.10. The molecular weight excluding hydrogens is 415 g/mol. The van der Waals surface area contributed by atoms with Gasteiger partial charge in [0.1, 0.15) is 0 Å². The lowest BCUT2D eigenvalue weighted by molar-refractivity contribution is -0.544. The second-order valence-electron chi connectivity index (χ2n) is 6.36. The first kappa shape index (κ1) is 20.8. The molecule has 3 saturated heterocycles. The van der Waals surface area contributed by atoms with E-state index in [4.69, 9.17) is 0 Å². The van der Waals surface area contributed by atoms with Gasteiger partial charge in [0, 0.05) is 0 Å². The van der Waals surface area contributed by atoms with Gasteiger partial charge in [-0.05, 0) is 0 Å². The third-order valence-electron chi connectivity index (χ3n) is 4.57. The number of aliphatic hydroxyl groups is 6. The maximum atomic E-state index is 12.3. The van der Waals surface area contributed by atoms with Gasteiger partial charge in [-0.2, -0.15) is 0 Å². The van der Waals surface area contributed by atoms with Gasteiger partial charge < -0.3 is 49.6 Å². The summed E-state index contributed by atoms with van der Waals surface area (Å²) >= 11 is 0. The SMILES string of the molecule is O=C1CC2(O)CC(=O)O[C@@]3(O)C(O)(P(=O)=O)O[C@H](CO)[C@](O)(O1)[C@]3(O)OC2=O. The van der Waals surface area contributed by atoms with E-state index in [-0.39, 0.29) is 0 Å². The molecule has 3 rings (SSSR count). The van der Waals surface area contributed by atoms with Crippen molar-refractivity contribution in [1.29, 1.82) is 0 Å². The summed E-state index contributed by atoms with van der Waals surface area (Å²) < 4.78 is 40.9. The number of esters is 3. The van der Waals surface area contributed by atoms with Crippen molar-refractivity contribution in [3.05, 3.63) is 0 Å². The highest BCUT2D eigenvalue weighted by atomic mass is 31.1. The third kappa shape index (κ3) is 2.26. The molecule has 0 aromatic rings. The van der Waals surface area contributed by atoms with Gasteiger partial charge in [0.15, 0.2) is 11.7 Å². The predicted molar refractivity (Wildman–Crippen MR) is 72.5 cm³/mol. The molecule has 6 atom stereocenters. The van der Waals surface area contributed by atoms with E-state index in [1.165, 1.54) is 0 Å². The number of hydrogen-bond donors (Lipinski definition) is 6. The molecular formula is C12H13O15P. The maximum absolute atomic E-state index is 12.3. The maximum Gasteiger partial charge on any atom is 0.384 e. The third-order valence-corrected chi connectivity index (χ3v) is 5.47. The zero-order chi connectivity index (χ0) is 21.3. The summed E-state index contributed by atoms with van der Waals surface area (Å²) in [5, 5.41) is 62.0. The lowest BCUT2D eigenvalue weighted by atomic mass is 9.84. The van der Waals surface area contributed by atoms with E-state index in [1.807, 2.05) is 0 Å². The molecule has 3 aliphatic heterocycles. The van der Waals surface area contributed by atoms with Crippen molar-refractivity contribution in [2.45, 2.75) is 47.4 Å². The fraction of sp³-hybridized carbons (Fsp3) is 0.750. The molecule has 0 radical (unpaired) electrons. The van der Waals surface area contributed by atoms with E-state index >= 15 is 0 Å². The highest BCUT2D eigenvalue weighted by Crippen LogP contribution is 2.57. The molecule has 3 fully saturated rings. The van der Waals surface area contributed by atoms with Crippen LogP contribution in [0.15, 0.2) is 0 Å². The van der Waals surface area contributed by atoms with Crippen molar-refractivity contribution < 1.29 is 73.1 Å². The molecule has 0 aromatic heterocycles. The summed E-state index contributed by atoms with van der Waals surface area (Å²) in [6.45, 7) is -1.48. The molecule has 3 heterocycles. The predicted octanol–water partition coefficient (Wildman–Crippen LogP) is -4.57. The second-order valence-corrected chi connectivity index (χ2v) is 7.48. The standard InChI is InChI=1S/C12H13O15P/c13-3-4-9(18)10(19)11(20,12(21,24-4)28(22)23)26-6(15)2-8(17,7(16)27-10)1-5(14)25-9/h4,13,17-21H,1-3H2/t4-,8?,9+,10+,11-,12?/m1/s1. The molecule has 2 bridgehead atoms. The summed E-state index contributed by atoms with van der Waals surface area (Å²) in [5.74, 6) is -17.9. The minimum atomic E-state index is -4.44. The number of aliphatic hydroxyl groups excluding tert-OH is 1. The number of carbonyl (C=O) groups excluding carboxylic acids is 3. The summed E-state index contributed by atoms with van der Waals surface area (Å²) in [6, 6.07) is 0. The zero-order valence-electron chi connectivity index (χ0n) is 13.5. The average Bonchev–Trinajstić information content (AvgIpc) is 2.55. The van der Waals surface area contributed by atoms with E-state index in [1.54, 1.807) is 0 Å². The van der Waals surface area contributed by atoms with Gasteiger partial charge in [-0.3, -0.25) is 9.59 Å². The van der Waals surface area contributed by atoms with Crippen LogP contribution in [-0.2, 0) is 42.5 Å². The number of hydrogen-bond acceptors (Lipinski definition) is 15. The molecule has 156 valence electrons. The monoisotopic (exact) mass is 428 g/mol. The average molecular weight is 428 g/mol. The Hall–Kier alpha value is -1.97. The minimum Gasteiger partial charge on any atom is -0.422 e. The zero-order valence-corrected chi connectivity index (χ0v) is 14.4. The van der Waals surface area contributed by atoms with Crippen LogP contribution in [0.2, 0.25) is 0 Å². The lowest BCUT2D eigenvalue weighted by Crippen LogP contribution is -2.87. The van der Waals surface area contributed by atoms with Gasteiger partial charge in [0.2, 0.25) is 0 Å². The van der Waals surface area contributed by atoms with Crippen molar-refractivity contribution in [2.75, 3.05) is 6.61 Å². The number of rotatable bonds is 2. The highest BCUT2D eigenvalue weighted by Gasteiger charge is 2.88. The Morgan fingerprint density at radius 1 is 0.893 bits per heavy atom. The van der Waals surface area contributed by atoms with Crippen molar-refractivity contribution in [3.8, 4) is 0 Å². The summed E-state index contributed by atoms with van der Waals surface area (Å²) in [6.07, 6.45) is -5.28. The molecule has 0 amide bonds. The molecule has 6 N–H and O–H groups in total. The van der Waals surface area contributed by atoms with Crippen LogP contribution in [0, 0.1) is 0 Å². The Morgan fingerprint density at radius 3 is 1.93 bits per heavy atom. The largest absolute Gasteiger partial charge is 0.422 e. The Morgan fingerprint density at radius 2 is 1.43 bits per heavy atom. The van der Waals surface area contributed by atoms with Crippen molar-refractivity contribution in [2.24, 2.45) is 0 Å². The molecule has 0 saturated carbocycles. The van der Waals surface area contributed by atoms with E-state index in [9.17, 15) is 54.2 Å². The smallest absolute Gasteiger partial charge is 0.384 e. The van der Waals surface area contributed by atoms with Gasteiger partial charge in [0.05, 0.1) is 19.4 Å². The highest BCUT2D eigenvalue weighted by molar-refractivity contribution is 7.32. The van der Waals surface area contributed by atoms with Crippen LogP contribution in [0.4, 0.5) is 0 Å². The Kier molecular flexibility index (Phi) is 4.28. The molecule has 0 aliphatic carbocycles. The lowest BCUT2D eigenvalue weighted by Gasteiger charge is -2.58.